The summed E-state index contributed by atoms with van der Waals surface area (Å²) in [5, 5.41) is 0. The maximum absolute atomic E-state index is 5.89. The van der Waals surface area contributed by atoms with Gasteiger partial charge in [-0.25, -0.2) is 0 Å². The fourth-order valence-corrected chi connectivity index (χ4v) is 3.11. The van der Waals surface area contributed by atoms with E-state index in [1.165, 1.54) is 0 Å². The summed E-state index contributed by atoms with van der Waals surface area (Å²) >= 11 is 5.87. The Morgan fingerprint density at radius 3 is 2.74 bits per heavy atom. The number of halogens is 1. The zero-order valence-electron chi connectivity index (χ0n) is 12.1. The van der Waals surface area contributed by atoms with Crippen molar-refractivity contribution in [3.63, 3.8) is 0 Å². The van der Waals surface area contributed by atoms with Crippen LogP contribution in [-0.4, -0.2) is 46.4 Å². The fourth-order valence-electron chi connectivity index (χ4n) is 1.70. The van der Waals surface area contributed by atoms with Crippen LogP contribution in [0.5, 0.6) is 0 Å². The highest BCUT2D eigenvalue weighted by molar-refractivity contribution is 6.69. The van der Waals surface area contributed by atoms with Crippen molar-refractivity contribution in [1.82, 2.24) is 0 Å². The van der Waals surface area contributed by atoms with Gasteiger partial charge < -0.3 is 18.6 Å². The molecule has 1 rings (SSSR count). The number of rotatable bonds is 9. The molecular weight excluding hydrogens is 284 g/mol. The van der Waals surface area contributed by atoms with Crippen LogP contribution in [0.25, 0.3) is 0 Å². The quantitative estimate of drug-likeness (QED) is 0.372. The normalized spacial score (nSPS) is 21.2. The highest BCUT2D eigenvalue weighted by Gasteiger charge is 2.20. The molecule has 0 aromatic carbocycles. The number of ether oxygens (including phenoxy) is 3. The summed E-state index contributed by atoms with van der Waals surface area (Å²) < 4.78 is 22.3. The molecule has 0 saturated carbocycles. The first kappa shape index (κ1) is 17.0. The molecule has 2 unspecified atom stereocenters. The maximum atomic E-state index is 5.89. The molecule has 0 radical (unpaired) electrons. The molecule has 1 aliphatic heterocycles. The molecular formula is C13H25ClO4Si. The molecule has 1 aliphatic rings. The van der Waals surface area contributed by atoms with Crippen molar-refractivity contribution in [2.45, 2.75) is 44.9 Å². The van der Waals surface area contributed by atoms with Crippen LogP contribution in [0.15, 0.2) is 12.3 Å². The minimum atomic E-state index is -1.56. The largest absolute Gasteiger partial charge is 0.473 e. The molecule has 112 valence electrons. The summed E-state index contributed by atoms with van der Waals surface area (Å²) in [5.74, 6) is 0.460. The van der Waals surface area contributed by atoms with Crippen LogP contribution in [0.2, 0.25) is 19.6 Å². The second-order valence-electron chi connectivity index (χ2n) is 5.47. The van der Waals surface area contributed by atoms with Crippen molar-refractivity contribution in [3.05, 3.63) is 12.3 Å². The molecule has 0 aliphatic carbocycles. The van der Waals surface area contributed by atoms with E-state index < -0.39 is 8.32 Å². The Labute approximate surface area is 122 Å². The Morgan fingerprint density at radius 1 is 1.37 bits per heavy atom. The molecule has 0 saturated heterocycles. The van der Waals surface area contributed by atoms with Crippen LogP contribution >= 0.6 is 11.6 Å². The van der Waals surface area contributed by atoms with Gasteiger partial charge in [-0.1, -0.05) is 0 Å². The van der Waals surface area contributed by atoms with Crippen LogP contribution in [0, 0.1) is 0 Å². The minimum Gasteiger partial charge on any atom is -0.473 e. The van der Waals surface area contributed by atoms with Gasteiger partial charge in [0, 0.05) is 12.3 Å². The Morgan fingerprint density at radius 2 is 2.16 bits per heavy atom. The van der Waals surface area contributed by atoms with E-state index in [-0.39, 0.29) is 12.4 Å². The van der Waals surface area contributed by atoms with Gasteiger partial charge in [-0.05, 0) is 32.1 Å². The molecule has 0 aromatic heterocycles. The predicted molar refractivity (Wildman–Crippen MR) is 79.0 cm³/mol. The van der Waals surface area contributed by atoms with Gasteiger partial charge in [0.2, 0.25) is 0 Å². The van der Waals surface area contributed by atoms with E-state index in [9.17, 15) is 0 Å². The third kappa shape index (κ3) is 8.65. The highest BCUT2D eigenvalue weighted by Crippen LogP contribution is 2.11. The molecule has 6 heteroatoms. The number of hydrogen-bond acceptors (Lipinski definition) is 4. The zero-order chi connectivity index (χ0) is 14.1. The Hall–Kier alpha value is -0.0731. The van der Waals surface area contributed by atoms with Crippen LogP contribution < -0.4 is 0 Å². The first-order valence-electron chi connectivity index (χ1n) is 6.75. The lowest BCUT2D eigenvalue weighted by Crippen LogP contribution is -2.36. The SMILES string of the molecule is C[Si](C)(C)OC(CCl)COCCOC1CCC=CO1. The third-order valence-corrected chi connectivity index (χ3v) is 3.81. The molecule has 0 aromatic rings. The Bertz CT molecular complexity index is 268. The van der Waals surface area contributed by atoms with Crippen LogP contribution in [-0.2, 0) is 18.6 Å². The van der Waals surface area contributed by atoms with E-state index in [0.717, 1.165) is 12.8 Å². The van der Waals surface area contributed by atoms with Crippen molar-refractivity contribution in [2.24, 2.45) is 0 Å². The molecule has 0 fully saturated rings. The number of alkyl halides is 1. The summed E-state index contributed by atoms with van der Waals surface area (Å²) in [5.41, 5.74) is 0. The molecule has 19 heavy (non-hydrogen) atoms. The molecule has 0 amide bonds. The van der Waals surface area contributed by atoms with Crippen molar-refractivity contribution in [3.8, 4) is 0 Å². The topological polar surface area (TPSA) is 36.9 Å². The minimum absolute atomic E-state index is 0.0257. The molecule has 4 nitrogen and oxygen atoms in total. The van der Waals surface area contributed by atoms with Crippen molar-refractivity contribution in [2.75, 3.05) is 25.7 Å². The zero-order valence-corrected chi connectivity index (χ0v) is 13.8. The van der Waals surface area contributed by atoms with Gasteiger partial charge in [-0.15, -0.1) is 11.6 Å². The highest BCUT2D eigenvalue weighted by atomic mass is 35.5. The summed E-state index contributed by atoms with van der Waals surface area (Å²) in [7, 11) is -1.56. The van der Waals surface area contributed by atoms with Gasteiger partial charge in [0.1, 0.15) is 0 Å². The fraction of sp³-hybridized carbons (Fsp3) is 0.846. The summed E-state index contributed by atoms with van der Waals surface area (Å²) in [4.78, 5) is 0. The monoisotopic (exact) mass is 308 g/mol. The van der Waals surface area contributed by atoms with Gasteiger partial charge in [0.15, 0.2) is 14.6 Å². The van der Waals surface area contributed by atoms with Crippen molar-refractivity contribution < 1.29 is 18.6 Å². The lowest BCUT2D eigenvalue weighted by Gasteiger charge is -2.25. The van der Waals surface area contributed by atoms with Gasteiger partial charge in [-0.2, -0.15) is 0 Å². The van der Waals surface area contributed by atoms with E-state index in [1.54, 1.807) is 6.26 Å². The van der Waals surface area contributed by atoms with E-state index in [0.29, 0.717) is 25.7 Å². The first-order valence-corrected chi connectivity index (χ1v) is 10.7. The summed E-state index contributed by atoms with van der Waals surface area (Å²) in [6, 6.07) is 0. The van der Waals surface area contributed by atoms with Gasteiger partial charge in [-0.3, -0.25) is 0 Å². The van der Waals surface area contributed by atoms with Crippen LogP contribution in [0.1, 0.15) is 12.8 Å². The van der Waals surface area contributed by atoms with E-state index >= 15 is 0 Å². The Balaban J connectivity index is 2.04. The van der Waals surface area contributed by atoms with Gasteiger partial charge >= 0.3 is 0 Å². The first-order chi connectivity index (χ1) is 9.01. The van der Waals surface area contributed by atoms with Crippen LogP contribution in [0.4, 0.5) is 0 Å². The molecule has 0 spiro atoms. The van der Waals surface area contributed by atoms with E-state index in [1.807, 2.05) is 6.08 Å². The second-order valence-corrected chi connectivity index (χ2v) is 10.2. The van der Waals surface area contributed by atoms with Crippen molar-refractivity contribution >= 4 is 19.9 Å². The summed E-state index contributed by atoms with van der Waals surface area (Å²) in [6.07, 6.45) is 5.44. The lowest BCUT2D eigenvalue weighted by atomic mass is 10.3. The lowest BCUT2D eigenvalue weighted by molar-refractivity contribution is -0.127. The van der Waals surface area contributed by atoms with E-state index in [2.05, 4.69) is 19.6 Å². The number of allylic oxidation sites excluding steroid dienone is 1. The summed E-state index contributed by atoms with van der Waals surface area (Å²) in [6.45, 7) is 8.01. The average molecular weight is 309 g/mol. The number of hydrogen-bond donors (Lipinski definition) is 0. The standard InChI is InChI=1S/C13H25ClO4Si/c1-19(2,3)18-12(10-14)11-15-8-9-17-13-6-4-5-7-16-13/h5,7,12-13H,4,6,8-11H2,1-3H3. The average Bonchev–Trinajstić information content (AvgIpc) is 2.37. The van der Waals surface area contributed by atoms with Gasteiger partial charge in [0.05, 0.1) is 32.2 Å². The van der Waals surface area contributed by atoms with E-state index in [4.69, 9.17) is 30.2 Å². The van der Waals surface area contributed by atoms with Crippen LogP contribution in [0.3, 0.4) is 0 Å². The van der Waals surface area contributed by atoms with Gasteiger partial charge in [0.25, 0.3) is 0 Å². The smallest absolute Gasteiger partial charge is 0.199 e. The molecule has 1 heterocycles. The Kier molecular flexibility index (Phi) is 8.02. The third-order valence-electron chi connectivity index (χ3n) is 2.42. The molecule has 0 N–H and O–H groups in total. The second kappa shape index (κ2) is 8.97. The molecule has 0 bridgehead atoms. The predicted octanol–water partition coefficient (Wildman–Crippen LogP) is 3.13. The molecule has 2 atom stereocenters. The van der Waals surface area contributed by atoms with Crippen molar-refractivity contribution in [1.29, 1.82) is 0 Å². The maximum Gasteiger partial charge on any atom is 0.199 e.